The highest BCUT2D eigenvalue weighted by molar-refractivity contribution is 5.66. The second kappa shape index (κ2) is 7.64. The Kier molecular flexibility index (Phi) is 4.96. The summed E-state index contributed by atoms with van der Waals surface area (Å²) in [5.41, 5.74) is 6.38. The van der Waals surface area contributed by atoms with Crippen molar-refractivity contribution in [2.45, 2.75) is 30.8 Å². The highest BCUT2D eigenvalue weighted by atomic mass is 19.1. The quantitative estimate of drug-likeness (QED) is 0.587. The summed E-state index contributed by atoms with van der Waals surface area (Å²) < 4.78 is 13.8. The van der Waals surface area contributed by atoms with Crippen LogP contribution >= 0.6 is 0 Å². The molecule has 154 valence electrons. The van der Waals surface area contributed by atoms with Gasteiger partial charge in [-0.3, -0.25) is 4.90 Å². The Morgan fingerprint density at radius 3 is 2.40 bits per heavy atom. The molecule has 2 heterocycles. The van der Waals surface area contributed by atoms with Gasteiger partial charge in [-0.15, -0.1) is 0 Å². The van der Waals surface area contributed by atoms with Crippen molar-refractivity contribution in [3.05, 3.63) is 95.3 Å². The van der Waals surface area contributed by atoms with Crippen LogP contribution < -0.4 is 0 Å². The summed E-state index contributed by atoms with van der Waals surface area (Å²) in [7, 11) is 4.36. The maximum atomic E-state index is 13.8. The molecule has 2 unspecified atom stereocenters. The van der Waals surface area contributed by atoms with Crippen molar-refractivity contribution in [1.82, 2.24) is 9.80 Å². The van der Waals surface area contributed by atoms with Gasteiger partial charge < -0.3 is 4.90 Å². The van der Waals surface area contributed by atoms with E-state index in [0.717, 1.165) is 25.9 Å². The molecule has 1 fully saturated rings. The van der Waals surface area contributed by atoms with Crippen LogP contribution in [0.1, 0.15) is 29.5 Å². The fraction of sp³-hybridized carbons (Fsp3) is 0.333. The van der Waals surface area contributed by atoms with Gasteiger partial charge in [-0.05, 0) is 73.3 Å². The van der Waals surface area contributed by atoms with Gasteiger partial charge in [-0.25, -0.2) is 4.39 Å². The van der Waals surface area contributed by atoms with E-state index in [2.05, 4.69) is 72.4 Å². The number of nitrogens with zero attached hydrogens (tertiary/aromatic N) is 2. The van der Waals surface area contributed by atoms with Gasteiger partial charge >= 0.3 is 0 Å². The molecule has 0 bridgehead atoms. The first-order chi connectivity index (χ1) is 14.6. The van der Waals surface area contributed by atoms with Crippen LogP contribution in [0.2, 0.25) is 0 Å². The van der Waals surface area contributed by atoms with Gasteiger partial charge in [0.1, 0.15) is 5.82 Å². The minimum Gasteiger partial charge on any atom is -0.306 e. The molecule has 5 rings (SSSR count). The Bertz CT molecular complexity index is 1030. The van der Waals surface area contributed by atoms with Crippen molar-refractivity contribution in [3.63, 3.8) is 0 Å². The van der Waals surface area contributed by atoms with Crippen LogP contribution in [0.25, 0.3) is 11.1 Å². The molecular weight excluding hydrogens is 371 g/mol. The van der Waals surface area contributed by atoms with Gasteiger partial charge in [0.25, 0.3) is 0 Å². The summed E-state index contributed by atoms with van der Waals surface area (Å²) in [6, 6.07) is 25.3. The molecular formula is C27H29FN2. The zero-order chi connectivity index (χ0) is 20.7. The number of hydrogen-bond donors (Lipinski definition) is 0. The van der Waals surface area contributed by atoms with Crippen molar-refractivity contribution < 1.29 is 4.39 Å². The molecule has 3 aromatic rings. The van der Waals surface area contributed by atoms with Crippen LogP contribution in [-0.2, 0) is 12.0 Å². The number of piperidine rings is 1. The van der Waals surface area contributed by atoms with Crippen molar-refractivity contribution in [3.8, 4) is 11.1 Å². The summed E-state index contributed by atoms with van der Waals surface area (Å²) in [5, 5.41) is 0. The molecule has 0 aliphatic carbocycles. The SMILES string of the molecule is CN(C)C1CCN2CCc3cc(-c4ccccc4)ccc3C2(c2ccc(F)cc2)C1. The fourth-order valence-corrected chi connectivity index (χ4v) is 5.54. The number of rotatable bonds is 3. The number of fused-ring (bicyclic) bond motifs is 3. The first kappa shape index (κ1) is 19.5. The molecule has 2 atom stereocenters. The smallest absolute Gasteiger partial charge is 0.123 e. The van der Waals surface area contributed by atoms with Crippen LogP contribution in [-0.4, -0.2) is 43.0 Å². The largest absolute Gasteiger partial charge is 0.306 e. The van der Waals surface area contributed by atoms with E-state index >= 15 is 0 Å². The van der Waals surface area contributed by atoms with Crippen LogP contribution in [0.15, 0.2) is 72.8 Å². The molecule has 0 saturated carbocycles. The van der Waals surface area contributed by atoms with Gasteiger partial charge in [0.15, 0.2) is 0 Å². The standard InChI is InChI=1S/C27H29FN2/c1-29(2)25-15-17-30-16-14-22-18-21(20-6-4-3-5-7-20)8-13-26(22)27(30,19-25)23-9-11-24(28)12-10-23/h3-13,18,25H,14-17,19H2,1-2H3. The van der Waals surface area contributed by atoms with E-state index < -0.39 is 0 Å². The second-order valence-electron chi connectivity index (χ2n) is 8.95. The zero-order valence-corrected chi connectivity index (χ0v) is 17.8. The molecule has 3 aromatic carbocycles. The van der Waals surface area contributed by atoms with Crippen LogP contribution in [0.4, 0.5) is 4.39 Å². The topological polar surface area (TPSA) is 6.48 Å². The summed E-state index contributed by atoms with van der Waals surface area (Å²) in [4.78, 5) is 5.00. The van der Waals surface area contributed by atoms with E-state index in [1.807, 2.05) is 12.1 Å². The van der Waals surface area contributed by atoms with Crippen LogP contribution in [0.3, 0.4) is 0 Å². The van der Waals surface area contributed by atoms with Crippen LogP contribution in [0, 0.1) is 5.82 Å². The van der Waals surface area contributed by atoms with Crippen molar-refractivity contribution >= 4 is 0 Å². The van der Waals surface area contributed by atoms with Gasteiger partial charge in [0, 0.05) is 19.1 Å². The maximum Gasteiger partial charge on any atom is 0.123 e. The van der Waals surface area contributed by atoms with E-state index in [-0.39, 0.29) is 11.4 Å². The van der Waals surface area contributed by atoms with Gasteiger partial charge in [0.2, 0.25) is 0 Å². The number of benzene rings is 3. The van der Waals surface area contributed by atoms with Crippen molar-refractivity contribution in [2.75, 3.05) is 27.2 Å². The normalized spacial score (nSPS) is 23.8. The van der Waals surface area contributed by atoms with Gasteiger partial charge in [-0.2, -0.15) is 0 Å². The summed E-state index contributed by atoms with van der Waals surface area (Å²) in [5.74, 6) is -0.169. The summed E-state index contributed by atoms with van der Waals surface area (Å²) in [6.07, 6.45) is 3.27. The zero-order valence-electron chi connectivity index (χ0n) is 17.8. The van der Waals surface area contributed by atoms with E-state index in [0.29, 0.717) is 6.04 Å². The monoisotopic (exact) mass is 400 g/mol. The molecule has 3 heteroatoms. The number of hydrogen-bond acceptors (Lipinski definition) is 2. The number of halogens is 1. The predicted octanol–water partition coefficient (Wildman–Crippen LogP) is 5.32. The van der Waals surface area contributed by atoms with E-state index in [9.17, 15) is 4.39 Å². The lowest BCUT2D eigenvalue weighted by molar-refractivity contribution is 0.0245. The Balaban J connectivity index is 1.67. The predicted molar refractivity (Wildman–Crippen MR) is 121 cm³/mol. The average Bonchev–Trinajstić information content (AvgIpc) is 2.79. The molecule has 1 saturated heterocycles. The molecule has 0 N–H and O–H groups in total. The Morgan fingerprint density at radius 1 is 0.900 bits per heavy atom. The van der Waals surface area contributed by atoms with Crippen LogP contribution in [0.5, 0.6) is 0 Å². The third-order valence-corrected chi connectivity index (χ3v) is 7.16. The van der Waals surface area contributed by atoms with E-state index in [1.165, 1.54) is 34.2 Å². The van der Waals surface area contributed by atoms with Gasteiger partial charge in [-0.1, -0.05) is 60.7 Å². The molecule has 0 radical (unpaired) electrons. The average molecular weight is 401 g/mol. The van der Waals surface area contributed by atoms with E-state index in [4.69, 9.17) is 0 Å². The summed E-state index contributed by atoms with van der Waals surface area (Å²) >= 11 is 0. The molecule has 0 amide bonds. The molecule has 30 heavy (non-hydrogen) atoms. The van der Waals surface area contributed by atoms with Crippen molar-refractivity contribution in [1.29, 1.82) is 0 Å². The van der Waals surface area contributed by atoms with E-state index in [1.54, 1.807) is 12.1 Å². The highest BCUT2D eigenvalue weighted by Crippen LogP contribution is 2.48. The molecule has 2 aliphatic rings. The Morgan fingerprint density at radius 2 is 1.67 bits per heavy atom. The first-order valence-electron chi connectivity index (χ1n) is 10.9. The highest BCUT2D eigenvalue weighted by Gasteiger charge is 2.48. The fourth-order valence-electron chi connectivity index (χ4n) is 5.54. The Hall–Kier alpha value is -2.49. The maximum absolute atomic E-state index is 13.8. The molecule has 0 aromatic heterocycles. The third-order valence-electron chi connectivity index (χ3n) is 7.16. The molecule has 2 nitrogen and oxygen atoms in total. The first-order valence-corrected chi connectivity index (χ1v) is 10.9. The minimum absolute atomic E-state index is 0.169. The minimum atomic E-state index is -0.191. The third kappa shape index (κ3) is 3.17. The lowest BCUT2D eigenvalue weighted by Crippen LogP contribution is -2.58. The molecule has 0 spiro atoms. The lowest BCUT2D eigenvalue weighted by Gasteiger charge is -2.54. The molecule has 2 aliphatic heterocycles. The van der Waals surface area contributed by atoms with Crippen molar-refractivity contribution in [2.24, 2.45) is 0 Å². The summed E-state index contributed by atoms with van der Waals surface area (Å²) in [6.45, 7) is 2.11. The second-order valence-corrected chi connectivity index (χ2v) is 8.95. The Labute approximate surface area is 179 Å². The lowest BCUT2D eigenvalue weighted by atomic mass is 9.69. The van der Waals surface area contributed by atoms with Gasteiger partial charge in [0.05, 0.1) is 5.54 Å².